The lowest BCUT2D eigenvalue weighted by molar-refractivity contribution is -0.384. The minimum atomic E-state index is -1.11. The molecule has 0 aliphatic carbocycles. The third-order valence-corrected chi connectivity index (χ3v) is 5.51. The lowest BCUT2D eigenvalue weighted by atomic mass is 10.1. The maximum atomic E-state index is 12.6. The molecule has 1 N–H and O–H groups in total. The highest BCUT2D eigenvalue weighted by Crippen LogP contribution is 2.37. The van der Waals surface area contributed by atoms with E-state index in [1.54, 1.807) is 25.1 Å². The molecule has 1 aromatic heterocycles. The Morgan fingerprint density at radius 3 is 2.27 bits per heavy atom. The van der Waals surface area contributed by atoms with E-state index in [0.717, 1.165) is 21.8 Å². The zero-order valence-corrected chi connectivity index (χ0v) is 16.4. The summed E-state index contributed by atoms with van der Waals surface area (Å²) >= 11 is 1.11. The first-order chi connectivity index (χ1) is 13.9. The van der Waals surface area contributed by atoms with Crippen LogP contribution < -0.4 is 4.90 Å². The molecule has 1 heterocycles. The van der Waals surface area contributed by atoms with Crippen molar-refractivity contribution in [3.8, 4) is 10.4 Å². The molecular weight excluding hydrogens is 404 g/mol. The van der Waals surface area contributed by atoms with Gasteiger partial charge in [-0.25, -0.2) is 4.79 Å². The molecule has 156 valence electrons. The summed E-state index contributed by atoms with van der Waals surface area (Å²) in [5, 5.41) is 20.5. The Morgan fingerprint density at radius 1 is 1.10 bits per heavy atom. The lowest BCUT2D eigenvalue weighted by Crippen LogP contribution is -2.30. The summed E-state index contributed by atoms with van der Waals surface area (Å²) in [5.74, 6) is -1.34. The zero-order valence-electron chi connectivity index (χ0n) is 15.6. The molecular formula is C22H22N2O5S. The number of nitro benzene ring substituents is 1. The van der Waals surface area contributed by atoms with E-state index in [1.165, 1.54) is 17.0 Å². The fraction of sp³-hybridized carbons (Fsp3) is 0.182. The van der Waals surface area contributed by atoms with Gasteiger partial charge >= 0.3 is 5.97 Å². The number of carboxylic acid groups (broad SMARTS) is 1. The number of carboxylic acids is 1. The van der Waals surface area contributed by atoms with Gasteiger partial charge in [0.2, 0.25) is 5.91 Å². The van der Waals surface area contributed by atoms with Gasteiger partial charge in [-0.3, -0.25) is 14.9 Å². The summed E-state index contributed by atoms with van der Waals surface area (Å²) in [6.07, 6.45) is 0.197. The van der Waals surface area contributed by atoms with Crippen molar-refractivity contribution in [2.24, 2.45) is 0 Å². The molecule has 0 spiro atoms. The average Bonchev–Trinajstić information content (AvgIpc) is 3.18. The molecule has 7 nitrogen and oxygen atoms in total. The van der Waals surface area contributed by atoms with Gasteiger partial charge in [-0.1, -0.05) is 56.8 Å². The van der Waals surface area contributed by atoms with E-state index < -0.39 is 10.9 Å². The molecule has 0 unspecified atom stereocenters. The summed E-state index contributed by atoms with van der Waals surface area (Å²) in [6.45, 7) is 1.83. The number of nitro groups is 1. The van der Waals surface area contributed by atoms with Gasteiger partial charge in [0.15, 0.2) is 0 Å². The van der Waals surface area contributed by atoms with Crippen molar-refractivity contribution >= 4 is 34.6 Å². The molecule has 0 aliphatic heterocycles. The van der Waals surface area contributed by atoms with E-state index in [2.05, 4.69) is 0 Å². The maximum absolute atomic E-state index is 12.6. The molecule has 0 fully saturated rings. The Kier molecular flexibility index (Phi) is 7.43. The third kappa shape index (κ3) is 4.90. The van der Waals surface area contributed by atoms with Gasteiger partial charge in [0, 0.05) is 23.4 Å². The van der Waals surface area contributed by atoms with Crippen molar-refractivity contribution in [1.29, 1.82) is 0 Å². The molecule has 0 radical (unpaired) electrons. The predicted molar refractivity (Wildman–Crippen MR) is 118 cm³/mol. The van der Waals surface area contributed by atoms with Crippen LogP contribution >= 0.6 is 11.3 Å². The van der Waals surface area contributed by atoms with Crippen LogP contribution in [0.15, 0.2) is 60.7 Å². The fourth-order valence-corrected chi connectivity index (χ4v) is 3.89. The monoisotopic (exact) mass is 426 g/mol. The maximum Gasteiger partial charge on any atom is 0.348 e. The Bertz CT molecular complexity index is 1050. The van der Waals surface area contributed by atoms with Gasteiger partial charge in [-0.05, 0) is 17.2 Å². The third-order valence-electron chi connectivity index (χ3n) is 4.35. The topological polar surface area (TPSA) is 101 Å². The molecule has 0 bridgehead atoms. The SMILES string of the molecule is C.CCC(=O)N(Cc1ccc([N+](=O)[O-])cc1)c1cc(-c2ccccc2)sc1C(=O)O. The number of amides is 1. The Balaban J connectivity index is 0.00000320. The highest BCUT2D eigenvalue weighted by Gasteiger charge is 2.25. The normalized spacial score (nSPS) is 10.2. The molecule has 0 saturated heterocycles. The minimum Gasteiger partial charge on any atom is -0.477 e. The van der Waals surface area contributed by atoms with Crippen LogP contribution in [0.4, 0.5) is 11.4 Å². The fourth-order valence-electron chi connectivity index (χ4n) is 2.88. The molecule has 3 rings (SSSR count). The van der Waals surface area contributed by atoms with Crippen LogP contribution in [-0.2, 0) is 11.3 Å². The molecule has 30 heavy (non-hydrogen) atoms. The van der Waals surface area contributed by atoms with E-state index >= 15 is 0 Å². The van der Waals surface area contributed by atoms with Crippen LogP contribution in [0.2, 0.25) is 0 Å². The van der Waals surface area contributed by atoms with Crippen molar-refractivity contribution in [1.82, 2.24) is 0 Å². The van der Waals surface area contributed by atoms with E-state index in [1.807, 2.05) is 30.3 Å². The number of nitrogens with zero attached hydrogens (tertiary/aromatic N) is 2. The highest BCUT2D eigenvalue weighted by molar-refractivity contribution is 7.18. The smallest absolute Gasteiger partial charge is 0.348 e. The molecule has 2 aromatic carbocycles. The number of carbonyl (C=O) groups is 2. The molecule has 0 atom stereocenters. The largest absolute Gasteiger partial charge is 0.477 e. The van der Waals surface area contributed by atoms with Gasteiger partial charge in [-0.2, -0.15) is 0 Å². The van der Waals surface area contributed by atoms with Crippen LogP contribution in [0.3, 0.4) is 0 Å². The van der Waals surface area contributed by atoms with Gasteiger partial charge < -0.3 is 10.0 Å². The van der Waals surface area contributed by atoms with Crippen molar-refractivity contribution in [2.75, 3.05) is 4.90 Å². The van der Waals surface area contributed by atoms with Crippen LogP contribution in [0.25, 0.3) is 10.4 Å². The summed E-state index contributed by atoms with van der Waals surface area (Å²) in [6, 6.07) is 16.9. The first-order valence-electron chi connectivity index (χ1n) is 8.87. The summed E-state index contributed by atoms with van der Waals surface area (Å²) in [4.78, 5) is 37.1. The van der Waals surface area contributed by atoms with Gasteiger partial charge in [-0.15, -0.1) is 11.3 Å². The number of aromatic carboxylic acids is 1. The van der Waals surface area contributed by atoms with Crippen LogP contribution in [0, 0.1) is 10.1 Å². The van der Waals surface area contributed by atoms with E-state index in [4.69, 9.17) is 0 Å². The van der Waals surface area contributed by atoms with Crippen molar-refractivity contribution in [3.05, 3.63) is 81.2 Å². The van der Waals surface area contributed by atoms with Crippen molar-refractivity contribution in [3.63, 3.8) is 0 Å². The summed E-state index contributed by atoms with van der Waals surface area (Å²) < 4.78 is 0. The van der Waals surface area contributed by atoms with Gasteiger partial charge in [0.25, 0.3) is 5.69 Å². The van der Waals surface area contributed by atoms with Crippen LogP contribution in [0.5, 0.6) is 0 Å². The lowest BCUT2D eigenvalue weighted by Gasteiger charge is -2.22. The minimum absolute atomic E-state index is 0. The molecule has 0 aliphatic rings. The van der Waals surface area contributed by atoms with Crippen LogP contribution in [-0.4, -0.2) is 21.9 Å². The molecule has 8 heteroatoms. The second-order valence-electron chi connectivity index (χ2n) is 6.25. The summed E-state index contributed by atoms with van der Waals surface area (Å²) in [5.41, 5.74) is 1.81. The zero-order chi connectivity index (χ0) is 21.0. The number of anilines is 1. The molecule has 0 saturated carbocycles. The number of hydrogen-bond donors (Lipinski definition) is 1. The predicted octanol–water partition coefficient (Wildman–Crippen LogP) is 5.60. The number of thiophene rings is 1. The number of carbonyl (C=O) groups excluding carboxylic acids is 1. The first-order valence-corrected chi connectivity index (χ1v) is 9.68. The van der Waals surface area contributed by atoms with Gasteiger partial charge in [0.05, 0.1) is 17.2 Å². The number of non-ortho nitro benzene ring substituents is 1. The molecule has 1 amide bonds. The standard InChI is InChI=1S/C21H18N2O5S.CH4/c1-2-19(24)22(13-14-8-10-16(11-9-14)23(27)28)17-12-18(29-20(17)21(25)26)15-6-4-3-5-7-15;/h3-12H,2,13H2,1H3,(H,25,26);1H4. The molecule has 3 aromatic rings. The Morgan fingerprint density at radius 2 is 1.73 bits per heavy atom. The van der Waals surface area contributed by atoms with E-state index in [0.29, 0.717) is 11.3 Å². The van der Waals surface area contributed by atoms with Crippen LogP contribution in [0.1, 0.15) is 36.0 Å². The van der Waals surface area contributed by atoms with Gasteiger partial charge in [0.1, 0.15) is 4.88 Å². The van der Waals surface area contributed by atoms with E-state index in [9.17, 15) is 24.8 Å². The summed E-state index contributed by atoms with van der Waals surface area (Å²) in [7, 11) is 0. The second kappa shape index (κ2) is 9.80. The number of rotatable bonds is 7. The Labute approximate surface area is 178 Å². The van der Waals surface area contributed by atoms with E-state index in [-0.39, 0.29) is 36.9 Å². The number of hydrogen-bond acceptors (Lipinski definition) is 5. The highest BCUT2D eigenvalue weighted by atomic mass is 32.1. The average molecular weight is 426 g/mol. The quantitative estimate of drug-likeness (QED) is 0.391. The van der Waals surface area contributed by atoms with Crippen molar-refractivity contribution in [2.45, 2.75) is 27.3 Å². The first kappa shape index (κ1) is 22.8. The van der Waals surface area contributed by atoms with Crippen molar-refractivity contribution < 1.29 is 19.6 Å². The number of benzene rings is 2. The Hall–Kier alpha value is -3.52. The second-order valence-corrected chi connectivity index (χ2v) is 7.31.